The van der Waals surface area contributed by atoms with Gasteiger partial charge in [0.1, 0.15) is 5.56 Å². The number of carboxylic acids is 1. The predicted molar refractivity (Wildman–Crippen MR) is 79.6 cm³/mol. The van der Waals surface area contributed by atoms with Crippen LogP contribution in [0.1, 0.15) is 44.0 Å². The Labute approximate surface area is 123 Å². The van der Waals surface area contributed by atoms with Crippen molar-refractivity contribution in [3.8, 4) is 0 Å². The molecule has 0 saturated carbocycles. The molecule has 0 saturated heterocycles. The number of carbonyl (C=O) groups excluding carboxylic acids is 1. The topological polar surface area (TPSA) is 78.4 Å². The van der Waals surface area contributed by atoms with Gasteiger partial charge in [-0.15, -0.1) is 0 Å². The minimum Gasteiger partial charge on any atom is -0.478 e. The number of benzene rings is 1. The average molecular weight is 299 g/mol. The summed E-state index contributed by atoms with van der Waals surface area (Å²) in [5, 5.41) is 14.5. The molecule has 20 heavy (non-hydrogen) atoms. The number of aromatic carboxylic acids is 1. The molecule has 6 heteroatoms. The Morgan fingerprint density at radius 3 is 2.55 bits per heavy atom. The van der Waals surface area contributed by atoms with Gasteiger partial charge in [0.15, 0.2) is 0 Å². The summed E-state index contributed by atoms with van der Waals surface area (Å²) in [6.45, 7) is 5.85. The molecule has 0 aliphatic carbocycles. The second-order valence-electron chi connectivity index (χ2n) is 5.18. The Morgan fingerprint density at radius 2 is 2.00 bits per heavy atom. The normalized spacial score (nSPS) is 11.0. The Balaban J connectivity index is 2.87. The van der Waals surface area contributed by atoms with Crippen molar-refractivity contribution in [2.75, 3.05) is 5.32 Å². The first-order chi connectivity index (χ1) is 9.26. The minimum atomic E-state index is -1.18. The van der Waals surface area contributed by atoms with Gasteiger partial charge in [-0.05, 0) is 32.4 Å². The zero-order valence-corrected chi connectivity index (χ0v) is 12.5. The smallest absolute Gasteiger partial charge is 0.339 e. The summed E-state index contributed by atoms with van der Waals surface area (Å²) >= 11 is 5.84. The maximum absolute atomic E-state index is 11.9. The van der Waals surface area contributed by atoms with Crippen molar-refractivity contribution in [1.82, 2.24) is 5.32 Å². The molecule has 1 rings (SSSR count). The molecule has 1 aromatic carbocycles. The monoisotopic (exact) mass is 298 g/mol. The fraction of sp³-hybridized carbons (Fsp3) is 0.429. The first-order valence-electron chi connectivity index (χ1n) is 6.38. The summed E-state index contributed by atoms with van der Waals surface area (Å²) in [5.41, 5.74) is -0.298. The van der Waals surface area contributed by atoms with Gasteiger partial charge < -0.3 is 15.7 Å². The Kier molecular flexibility index (Phi) is 5.39. The van der Waals surface area contributed by atoms with E-state index >= 15 is 0 Å². The largest absolute Gasteiger partial charge is 0.478 e. The number of carbonyl (C=O) groups is 2. The zero-order chi connectivity index (χ0) is 15.3. The van der Waals surface area contributed by atoms with Crippen molar-refractivity contribution < 1.29 is 14.7 Å². The number of urea groups is 1. The SMILES string of the molecule is CCCC(C)(C)NC(=O)Nc1cccc(Cl)c1C(=O)O. The molecular formula is C14H19ClN2O3. The molecular weight excluding hydrogens is 280 g/mol. The van der Waals surface area contributed by atoms with E-state index < -0.39 is 12.0 Å². The van der Waals surface area contributed by atoms with Crippen LogP contribution in [0.5, 0.6) is 0 Å². The number of anilines is 1. The van der Waals surface area contributed by atoms with Gasteiger partial charge in [0.05, 0.1) is 10.7 Å². The van der Waals surface area contributed by atoms with E-state index in [1.165, 1.54) is 12.1 Å². The van der Waals surface area contributed by atoms with Crippen molar-refractivity contribution in [3.05, 3.63) is 28.8 Å². The lowest BCUT2D eigenvalue weighted by Gasteiger charge is -2.26. The molecule has 0 fully saturated rings. The van der Waals surface area contributed by atoms with Crippen LogP contribution in [0.15, 0.2) is 18.2 Å². The Hall–Kier alpha value is -1.75. The molecule has 0 aromatic heterocycles. The quantitative estimate of drug-likeness (QED) is 0.775. The number of halogens is 1. The van der Waals surface area contributed by atoms with Gasteiger partial charge in [-0.1, -0.05) is 31.0 Å². The van der Waals surface area contributed by atoms with Crippen LogP contribution in [0.2, 0.25) is 5.02 Å². The minimum absolute atomic E-state index is 0.0862. The van der Waals surface area contributed by atoms with Gasteiger partial charge in [0, 0.05) is 5.54 Å². The standard InChI is InChI=1S/C14H19ClN2O3/c1-4-8-14(2,3)17-13(20)16-10-7-5-6-9(15)11(10)12(18)19/h5-7H,4,8H2,1-3H3,(H,18,19)(H2,16,17,20). The van der Waals surface area contributed by atoms with Gasteiger partial charge in [0.2, 0.25) is 0 Å². The van der Waals surface area contributed by atoms with Crippen LogP contribution in [0.4, 0.5) is 10.5 Å². The lowest BCUT2D eigenvalue weighted by atomic mass is 9.99. The van der Waals surface area contributed by atoms with E-state index in [9.17, 15) is 9.59 Å². The fourth-order valence-corrected chi connectivity index (χ4v) is 2.25. The molecule has 0 aliphatic heterocycles. The molecule has 0 heterocycles. The summed E-state index contributed by atoms with van der Waals surface area (Å²) in [7, 11) is 0. The third-order valence-corrected chi connectivity index (χ3v) is 3.12. The summed E-state index contributed by atoms with van der Waals surface area (Å²) in [4.78, 5) is 23.1. The van der Waals surface area contributed by atoms with Crippen LogP contribution in [-0.4, -0.2) is 22.6 Å². The lowest BCUT2D eigenvalue weighted by molar-refractivity contribution is 0.0698. The molecule has 0 spiro atoms. The van der Waals surface area contributed by atoms with Gasteiger partial charge >= 0.3 is 12.0 Å². The van der Waals surface area contributed by atoms with Crippen LogP contribution in [-0.2, 0) is 0 Å². The third-order valence-electron chi connectivity index (χ3n) is 2.80. The third kappa shape index (κ3) is 4.42. The van der Waals surface area contributed by atoms with E-state index in [-0.39, 0.29) is 21.8 Å². The number of nitrogens with one attached hydrogen (secondary N) is 2. The highest BCUT2D eigenvalue weighted by Crippen LogP contribution is 2.24. The van der Waals surface area contributed by atoms with Crippen molar-refractivity contribution in [3.63, 3.8) is 0 Å². The highest BCUT2D eigenvalue weighted by molar-refractivity contribution is 6.34. The van der Waals surface area contributed by atoms with E-state index in [4.69, 9.17) is 16.7 Å². The number of amides is 2. The lowest BCUT2D eigenvalue weighted by Crippen LogP contribution is -2.45. The molecule has 5 nitrogen and oxygen atoms in total. The molecule has 110 valence electrons. The van der Waals surface area contributed by atoms with Crippen molar-refractivity contribution in [2.45, 2.75) is 39.2 Å². The summed E-state index contributed by atoms with van der Waals surface area (Å²) < 4.78 is 0. The van der Waals surface area contributed by atoms with E-state index in [1.54, 1.807) is 6.07 Å². The van der Waals surface area contributed by atoms with Crippen LogP contribution >= 0.6 is 11.6 Å². The van der Waals surface area contributed by atoms with E-state index in [2.05, 4.69) is 10.6 Å². The van der Waals surface area contributed by atoms with Crippen LogP contribution in [0.25, 0.3) is 0 Å². The number of hydrogen-bond donors (Lipinski definition) is 3. The van der Waals surface area contributed by atoms with Crippen LogP contribution in [0.3, 0.4) is 0 Å². The Morgan fingerprint density at radius 1 is 1.35 bits per heavy atom. The van der Waals surface area contributed by atoms with Gasteiger partial charge in [-0.25, -0.2) is 9.59 Å². The maximum Gasteiger partial charge on any atom is 0.339 e. The molecule has 0 bridgehead atoms. The maximum atomic E-state index is 11.9. The van der Waals surface area contributed by atoms with Crippen LogP contribution in [0, 0.1) is 0 Å². The molecule has 0 aliphatic rings. The number of hydrogen-bond acceptors (Lipinski definition) is 2. The fourth-order valence-electron chi connectivity index (χ4n) is 1.99. The molecule has 3 N–H and O–H groups in total. The Bertz CT molecular complexity index is 515. The highest BCUT2D eigenvalue weighted by atomic mass is 35.5. The molecule has 0 radical (unpaired) electrons. The highest BCUT2D eigenvalue weighted by Gasteiger charge is 2.21. The van der Waals surface area contributed by atoms with Gasteiger partial charge in [-0.2, -0.15) is 0 Å². The van der Waals surface area contributed by atoms with E-state index in [1.807, 2.05) is 20.8 Å². The zero-order valence-electron chi connectivity index (χ0n) is 11.8. The van der Waals surface area contributed by atoms with Crippen molar-refractivity contribution >= 4 is 29.3 Å². The first kappa shape index (κ1) is 16.3. The van der Waals surface area contributed by atoms with E-state index in [0.717, 1.165) is 12.8 Å². The number of rotatable bonds is 5. The van der Waals surface area contributed by atoms with Crippen LogP contribution < -0.4 is 10.6 Å². The summed E-state index contributed by atoms with van der Waals surface area (Å²) in [6.07, 6.45) is 1.76. The molecule has 2 amide bonds. The molecule has 0 atom stereocenters. The van der Waals surface area contributed by atoms with E-state index in [0.29, 0.717) is 0 Å². The second kappa shape index (κ2) is 6.61. The second-order valence-corrected chi connectivity index (χ2v) is 5.59. The predicted octanol–water partition coefficient (Wildman–Crippen LogP) is 3.74. The van der Waals surface area contributed by atoms with Gasteiger partial charge in [-0.3, -0.25) is 0 Å². The average Bonchev–Trinajstić information content (AvgIpc) is 2.26. The van der Waals surface area contributed by atoms with Crippen molar-refractivity contribution in [1.29, 1.82) is 0 Å². The van der Waals surface area contributed by atoms with Crippen molar-refractivity contribution in [2.24, 2.45) is 0 Å². The number of carboxylic acid groups (broad SMARTS) is 1. The molecule has 0 unspecified atom stereocenters. The summed E-state index contributed by atoms with van der Waals surface area (Å²) in [5.74, 6) is -1.18. The summed E-state index contributed by atoms with van der Waals surface area (Å²) in [6, 6.07) is 4.10. The molecule has 1 aromatic rings. The first-order valence-corrected chi connectivity index (χ1v) is 6.75. The van der Waals surface area contributed by atoms with Gasteiger partial charge in [0.25, 0.3) is 0 Å².